The number of benzene rings is 1. The lowest BCUT2D eigenvalue weighted by Gasteiger charge is -2.26. The number of aryl methyl sites for hydroxylation is 2. The van der Waals surface area contributed by atoms with Gasteiger partial charge < -0.3 is 39.4 Å². The Kier molecular flexibility index (Phi) is 14.6. The van der Waals surface area contributed by atoms with Crippen molar-refractivity contribution in [2.24, 2.45) is 5.73 Å². The van der Waals surface area contributed by atoms with Gasteiger partial charge in [-0.25, -0.2) is 19.6 Å². The summed E-state index contributed by atoms with van der Waals surface area (Å²) in [4.78, 5) is 57.7. The quantitative estimate of drug-likeness (QED) is 0.144. The number of anilines is 1. The van der Waals surface area contributed by atoms with Gasteiger partial charge in [0.05, 0.1) is 31.0 Å². The maximum Gasteiger partial charge on any atom is 0.490 e. The molecule has 0 saturated carbocycles. The summed E-state index contributed by atoms with van der Waals surface area (Å²) in [5, 5.41) is 12.6. The number of ether oxygens (including phenoxy) is 3. The summed E-state index contributed by atoms with van der Waals surface area (Å²) in [6.07, 6.45) is -0.783. The number of carbonyl (C=O) groups is 4. The van der Waals surface area contributed by atoms with Gasteiger partial charge in [-0.3, -0.25) is 19.8 Å². The molecule has 19 heteroatoms. The average Bonchev–Trinajstić information content (AvgIpc) is 3.61. The maximum atomic E-state index is 13.3. The van der Waals surface area contributed by atoms with Crippen LogP contribution in [0.1, 0.15) is 66.6 Å². The molecule has 0 spiro atoms. The second kappa shape index (κ2) is 18.4. The van der Waals surface area contributed by atoms with Crippen LogP contribution in [0.5, 0.6) is 5.75 Å². The number of primary amides is 1. The van der Waals surface area contributed by atoms with Gasteiger partial charge in [-0.1, -0.05) is 19.1 Å². The van der Waals surface area contributed by atoms with Gasteiger partial charge in [0, 0.05) is 45.2 Å². The Morgan fingerprint density at radius 2 is 1.77 bits per heavy atom. The normalized spacial score (nSPS) is 13.8. The number of carboxylic acid groups (broad SMARTS) is 1. The number of fused-ring (bicyclic) bond motifs is 1. The van der Waals surface area contributed by atoms with E-state index in [1.54, 1.807) is 50.5 Å². The zero-order chi connectivity index (χ0) is 38.6. The van der Waals surface area contributed by atoms with E-state index in [-0.39, 0.29) is 30.4 Å². The van der Waals surface area contributed by atoms with Crippen molar-refractivity contribution < 1.29 is 56.1 Å². The van der Waals surface area contributed by atoms with E-state index in [4.69, 9.17) is 34.3 Å². The topological polar surface area (TPSA) is 213 Å². The third kappa shape index (κ3) is 12.6. The monoisotopic (exact) mass is 739 g/mol. The molecule has 52 heavy (non-hydrogen) atoms. The molecule has 1 aromatic carbocycles. The van der Waals surface area contributed by atoms with Crippen LogP contribution in [-0.4, -0.2) is 106 Å². The third-order valence-corrected chi connectivity index (χ3v) is 7.10. The Hall–Kier alpha value is -5.17. The van der Waals surface area contributed by atoms with Crippen LogP contribution >= 0.6 is 0 Å². The van der Waals surface area contributed by atoms with Crippen molar-refractivity contribution in [3.05, 3.63) is 47.2 Å². The first-order valence-corrected chi connectivity index (χ1v) is 16.4. The molecule has 1 saturated heterocycles. The average molecular weight is 740 g/mol. The van der Waals surface area contributed by atoms with Crippen molar-refractivity contribution in [3.8, 4) is 5.75 Å². The summed E-state index contributed by atoms with van der Waals surface area (Å²) < 4.78 is 56.0. The van der Waals surface area contributed by atoms with Crippen LogP contribution in [0.25, 0.3) is 11.0 Å². The first-order chi connectivity index (χ1) is 24.4. The molecule has 3 amide bonds. The van der Waals surface area contributed by atoms with E-state index in [0.717, 1.165) is 26.1 Å². The van der Waals surface area contributed by atoms with E-state index in [1.165, 1.54) is 0 Å². The molecule has 16 nitrogen and oxygen atoms in total. The third-order valence-electron chi connectivity index (χ3n) is 7.10. The minimum Gasteiger partial charge on any atom is -0.491 e. The van der Waals surface area contributed by atoms with E-state index in [0.29, 0.717) is 54.6 Å². The van der Waals surface area contributed by atoms with Gasteiger partial charge in [0.15, 0.2) is 5.89 Å². The molecule has 0 bridgehead atoms. The molecular weight excluding hydrogens is 695 g/mol. The fourth-order valence-corrected chi connectivity index (χ4v) is 4.82. The summed E-state index contributed by atoms with van der Waals surface area (Å²) in [5.41, 5.74) is 6.77. The largest absolute Gasteiger partial charge is 0.491 e. The molecular formula is C33H44F3N7O9. The summed E-state index contributed by atoms with van der Waals surface area (Å²) in [6.45, 7) is 13.8. The number of nitrogens with one attached hydrogen (secondary N) is 2. The molecule has 0 radical (unpaired) electrons. The molecule has 1 fully saturated rings. The number of halogens is 3. The first kappa shape index (κ1) is 41.3. The number of allylic oxidation sites excluding steroid dienone is 1. The van der Waals surface area contributed by atoms with Gasteiger partial charge in [-0.15, -0.1) is 0 Å². The second-order valence-corrected chi connectivity index (χ2v) is 12.4. The van der Waals surface area contributed by atoms with E-state index < -0.39 is 35.7 Å². The van der Waals surface area contributed by atoms with Crippen LogP contribution in [0.2, 0.25) is 0 Å². The fourth-order valence-electron chi connectivity index (χ4n) is 4.82. The number of morpholine rings is 1. The zero-order valence-corrected chi connectivity index (χ0v) is 29.6. The number of amides is 3. The summed E-state index contributed by atoms with van der Waals surface area (Å²) >= 11 is 0. The Bertz CT molecular complexity index is 1740. The minimum absolute atomic E-state index is 0.100. The molecule has 2 aromatic heterocycles. The lowest BCUT2D eigenvalue weighted by atomic mass is 10.1. The number of hydrogen-bond donors (Lipinski definition) is 4. The Balaban J connectivity index is 0.000000944. The highest BCUT2D eigenvalue weighted by Gasteiger charge is 2.38. The van der Waals surface area contributed by atoms with E-state index in [9.17, 15) is 27.6 Å². The van der Waals surface area contributed by atoms with Crippen LogP contribution in [0.15, 0.2) is 28.7 Å². The molecule has 0 aliphatic carbocycles. The van der Waals surface area contributed by atoms with Crippen molar-refractivity contribution in [3.63, 3.8) is 0 Å². The smallest absolute Gasteiger partial charge is 0.490 e. The van der Waals surface area contributed by atoms with Crippen LogP contribution < -0.4 is 21.1 Å². The Labute approximate surface area is 297 Å². The van der Waals surface area contributed by atoms with Gasteiger partial charge in [0.25, 0.3) is 5.91 Å². The number of oxazole rings is 1. The van der Waals surface area contributed by atoms with Crippen molar-refractivity contribution in [1.29, 1.82) is 0 Å². The molecule has 0 atom stereocenters. The number of hydrogen-bond acceptors (Lipinski definition) is 11. The SMILES string of the molecule is CCc1nc(C)oc1C(=O)Nc1nc2cc(C(N)=O)cc(OCCCN3CCOCC3)c2n1C/C=C/CNC(=O)OC(C)(C)C.O=C(O)C(F)(F)F. The standard InChI is InChI=1S/C31H43N7O7.C2HF3O2/c1-6-22-26(44-20(2)34-22)28(40)36-29-35-23-18-21(27(32)39)19-24(43-15-9-11-37-13-16-42-17-14-37)25(23)38(29)12-8-7-10-33-30(41)45-31(3,4)5;3-2(4,5)1(6)7/h7-8,18-19H,6,9-17H2,1-5H3,(H2,32,39)(H,33,41)(H,35,36,40);(H,6,7)/b8-7+;. The molecule has 0 unspecified atom stereocenters. The highest BCUT2D eigenvalue weighted by Crippen LogP contribution is 2.31. The maximum absolute atomic E-state index is 13.3. The number of alkyl carbamates (subject to hydrolysis) is 1. The predicted molar refractivity (Wildman–Crippen MR) is 181 cm³/mol. The lowest BCUT2D eigenvalue weighted by Crippen LogP contribution is -2.37. The highest BCUT2D eigenvalue weighted by atomic mass is 19.4. The molecule has 3 aromatic rings. The van der Waals surface area contributed by atoms with Crippen molar-refractivity contribution in [2.75, 3.05) is 51.3 Å². The molecule has 5 N–H and O–H groups in total. The van der Waals surface area contributed by atoms with Crippen molar-refractivity contribution in [2.45, 2.75) is 65.8 Å². The van der Waals surface area contributed by atoms with Gasteiger partial charge in [0.2, 0.25) is 17.6 Å². The number of imidazole rings is 1. The van der Waals surface area contributed by atoms with Crippen LogP contribution in [0.4, 0.5) is 23.9 Å². The van der Waals surface area contributed by atoms with Gasteiger partial charge in [-0.05, 0) is 45.7 Å². The molecule has 1 aliphatic rings. The number of carbonyl (C=O) groups excluding carboxylic acids is 3. The number of rotatable bonds is 13. The van der Waals surface area contributed by atoms with Crippen LogP contribution in [0.3, 0.4) is 0 Å². The Morgan fingerprint density at radius 3 is 2.37 bits per heavy atom. The van der Waals surface area contributed by atoms with E-state index in [2.05, 4.69) is 25.5 Å². The minimum atomic E-state index is -5.08. The Morgan fingerprint density at radius 1 is 1.10 bits per heavy atom. The number of aromatic nitrogens is 3. The van der Waals surface area contributed by atoms with Crippen molar-refractivity contribution in [1.82, 2.24) is 24.8 Å². The van der Waals surface area contributed by atoms with Gasteiger partial charge in [-0.2, -0.15) is 13.2 Å². The summed E-state index contributed by atoms with van der Waals surface area (Å²) in [5.74, 6) is -2.81. The van der Waals surface area contributed by atoms with Crippen molar-refractivity contribution >= 4 is 40.9 Å². The highest BCUT2D eigenvalue weighted by molar-refractivity contribution is 6.04. The zero-order valence-electron chi connectivity index (χ0n) is 29.6. The summed E-state index contributed by atoms with van der Waals surface area (Å²) in [6, 6.07) is 3.15. The van der Waals surface area contributed by atoms with Gasteiger partial charge >= 0.3 is 18.2 Å². The molecule has 286 valence electrons. The number of nitrogens with zero attached hydrogens (tertiary/aromatic N) is 4. The predicted octanol–water partition coefficient (Wildman–Crippen LogP) is 4.06. The number of aliphatic carboxylic acids is 1. The second-order valence-electron chi connectivity index (χ2n) is 12.4. The summed E-state index contributed by atoms with van der Waals surface area (Å²) in [7, 11) is 0. The fraction of sp³-hybridized carbons (Fsp3) is 0.515. The lowest BCUT2D eigenvalue weighted by molar-refractivity contribution is -0.192. The van der Waals surface area contributed by atoms with Gasteiger partial charge in [0.1, 0.15) is 16.9 Å². The number of alkyl halides is 3. The first-order valence-electron chi connectivity index (χ1n) is 16.4. The van der Waals surface area contributed by atoms with Crippen LogP contribution in [-0.2, 0) is 27.2 Å². The van der Waals surface area contributed by atoms with E-state index >= 15 is 0 Å². The molecule has 3 heterocycles. The molecule has 1 aliphatic heterocycles. The number of carboxylic acids is 1. The van der Waals surface area contributed by atoms with Crippen LogP contribution in [0, 0.1) is 6.92 Å². The molecule has 4 rings (SSSR count). The van der Waals surface area contributed by atoms with E-state index in [1.807, 2.05) is 13.0 Å². The number of nitrogens with two attached hydrogens (primary N) is 1.